The van der Waals surface area contributed by atoms with Gasteiger partial charge in [-0.25, -0.2) is 0 Å². The van der Waals surface area contributed by atoms with E-state index in [2.05, 4.69) is 22.2 Å². The summed E-state index contributed by atoms with van der Waals surface area (Å²) in [6, 6.07) is 1.61. The van der Waals surface area contributed by atoms with Gasteiger partial charge in [-0.3, -0.25) is 9.78 Å². The van der Waals surface area contributed by atoms with Gasteiger partial charge >= 0.3 is 0 Å². The molecule has 0 unspecified atom stereocenters. The Labute approximate surface area is 91.8 Å². The monoisotopic (exact) mass is 226 g/mol. The van der Waals surface area contributed by atoms with Crippen molar-refractivity contribution in [2.45, 2.75) is 13.8 Å². The lowest BCUT2D eigenvalue weighted by molar-refractivity contribution is 0.100. The summed E-state index contributed by atoms with van der Waals surface area (Å²) in [5, 5.41) is 2.35. The molecule has 0 saturated heterocycles. The van der Waals surface area contributed by atoms with Gasteiger partial charge in [-0.2, -0.15) is 4.99 Å². The molecule has 0 bridgehead atoms. The van der Waals surface area contributed by atoms with Crippen molar-refractivity contribution in [1.82, 2.24) is 4.98 Å². The quantitative estimate of drug-likeness (QED) is 0.546. The van der Waals surface area contributed by atoms with E-state index >= 15 is 0 Å². The molecular formula is C9H7ClN2OS. The lowest BCUT2D eigenvalue weighted by Gasteiger charge is -2.03. The van der Waals surface area contributed by atoms with Crippen LogP contribution in [0.5, 0.6) is 0 Å². The first-order valence-corrected chi connectivity index (χ1v) is 4.61. The molecule has 0 aliphatic rings. The van der Waals surface area contributed by atoms with Crippen molar-refractivity contribution in [3.05, 3.63) is 28.0 Å². The van der Waals surface area contributed by atoms with Gasteiger partial charge in [-0.1, -0.05) is 11.6 Å². The molecule has 1 heterocycles. The second kappa shape index (κ2) is 4.42. The molecule has 0 aliphatic carbocycles. The molecule has 0 aromatic carbocycles. The summed E-state index contributed by atoms with van der Waals surface area (Å²) in [7, 11) is 0. The number of aromatic nitrogens is 1. The van der Waals surface area contributed by atoms with Crippen LogP contribution >= 0.6 is 23.8 Å². The minimum atomic E-state index is -0.505. The molecule has 0 spiro atoms. The summed E-state index contributed by atoms with van der Waals surface area (Å²) in [4.78, 5) is 18.8. The van der Waals surface area contributed by atoms with Crippen molar-refractivity contribution in [2.24, 2.45) is 4.99 Å². The number of thiocarbonyl (C=S) groups is 1. The van der Waals surface area contributed by atoms with Gasteiger partial charge in [0.05, 0.1) is 21.4 Å². The van der Waals surface area contributed by atoms with Gasteiger partial charge in [0, 0.05) is 5.69 Å². The standard InChI is InChI=1S/C9H7ClN2OS/c1-5-3-7(10)8(6(2)12-5)9(13)11-4-14/h3H,1-2H3. The first kappa shape index (κ1) is 11.0. The van der Waals surface area contributed by atoms with E-state index < -0.39 is 5.91 Å². The Hall–Kier alpha value is -1.09. The minimum absolute atomic E-state index is 0.287. The van der Waals surface area contributed by atoms with Crippen LogP contribution in [0.15, 0.2) is 11.1 Å². The number of aliphatic imine (C=N–C) groups is 1. The molecule has 14 heavy (non-hydrogen) atoms. The Balaban J connectivity index is 3.34. The highest BCUT2D eigenvalue weighted by atomic mass is 35.5. The fraction of sp³-hybridized carbons (Fsp3) is 0.222. The van der Waals surface area contributed by atoms with Crippen LogP contribution in [0, 0.1) is 13.8 Å². The van der Waals surface area contributed by atoms with Crippen molar-refractivity contribution in [2.75, 3.05) is 0 Å². The number of hydrogen-bond donors (Lipinski definition) is 0. The third-order valence-corrected chi connectivity index (χ3v) is 2.03. The summed E-state index contributed by atoms with van der Waals surface area (Å²) >= 11 is 10.2. The third kappa shape index (κ3) is 2.23. The van der Waals surface area contributed by atoms with Crippen LogP contribution in [-0.4, -0.2) is 16.1 Å². The molecule has 1 amide bonds. The first-order valence-electron chi connectivity index (χ1n) is 3.82. The van der Waals surface area contributed by atoms with E-state index in [0.717, 1.165) is 5.69 Å². The summed E-state index contributed by atoms with van der Waals surface area (Å²) in [6.07, 6.45) is 0. The van der Waals surface area contributed by atoms with Crippen molar-refractivity contribution >= 4 is 34.9 Å². The zero-order chi connectivity index (χ0) is 10.7. The summed E-state index contributed by atoms with van der Waals surface area (Å²) in [5.74, 6) is -0.505. The minimum Gasteiger partial charge on any atom is -0.266 e. The SMILES string of the molecule is Cc1cc(Cl)c(C(=O)N=C=S)c(C)n1. The van der Waals surface area contributed by atoms with Crippen molar-refractivity contribution in [1.29, 1.82) is 0 Å². The van der Waals surface area contributed by atoms with Crippen LogP contribution in [0.2, 0.25) is 5.02 Å². The number of carbonyl (C=O) groups excluding carboxylic acids is 1. The van der Waals surface area contributed by atoms with E-state index in [9.17, 15) is 4.79 Å². The van der Waals surface area contributed by atoms with Gasteiger partial charge in [-0.15, -0.1) is 0 Å². The lowest BCUT2D eigenvalue weighted by atomic mass is 10.2. The predicted octanol–water partition coefficient (Wildman–Crippen LogP) is 2.59. The fourth-order valence-corrected chi connectivity index (χ4v) is 1.59. The van der Waals surface area contributed by atoms with Crippen molar-refractivity contribution in [3.63, 3.8) is 0 Å². The van der Waals surface area contributed by atoms with Gasteiger partial charge in [0.1, 0.15) is 0 Å². The van der Waals surface area contributed by atoms with Crippen LogP contribution in [0.4, 0.5) is 0 Å². The van der Waals surface area contributed by atoms with E-state index in [4.69, 9.17) is 11.6 Å². The van der Waals surface area contributed by atoms with Crippen molar-refractivity contribution in [3.8, 4) is 0 Å². The van der Waals surface area contributed by atoms with Crippen LogP contribution in [0.3, 0.4) is 0 Å². The van der Waals surface area contributed by atoms with E-state index in [1.165, 1.54) is 0 Å². The lowest BCUT2D eigenvalue weighted by Crippen LogP contribution is -2.02. The molecule has 72 valence electrons. The maximum Gasteiger partial charge on any atom is 0.289 e. The van der Waals surface area contributed by atoms with Gasteiger partial charge in [0.25, 0.3) is 5.91 Å². The molecule has 1 aromatic rings. The van der Waals surface area contributed by atoms with E-state index in [0.29, 0.717) is 10.7 Å². The first-order chi connectivity index (χ1) is 6.56. The molecule has 0 atom stereocenters. The van der Waals surface area contributed by atoms with Crippen LogP contribution in [-0.2, 0) is 0 Å². The van der Waals surface area contributed by atoms with Crippen LogP contribution in [0.1, 0.15) is 21.7 Å². The number of halogens is 1. The number of hydrogen-bond acceptors (Lipinski definition) is 3. The molecule has 0 N–H and O–H groups in total. The largest absolute Gasteiger partial charge is 0.289 e. The van der Waals surface area contributed by atoms with Gasteiger partial charge in [-0.05, 0) is 32.1 Å². The Morgan fingerprint density at radius 1 is 1.64 bits per heavy atom. The van der Waals surface area contributed by atoms with E-state index in [1.807, 2.05) is 5.16 Å². The zero-order valence-corrected chi connectivity index (χ0v) is 9.24. The molecule has 3 nitrogen and oxygen atoms in total. The number of nitrogens with zero attached hydrogens (tertiary/aromatic N) is 2. The van der Waals surface area contributed by atoms with Crippen LogP contribution < -0.4 is 0 Å². The second-order valence-corrected chi connectivity index (χ2v) is 3.30. The summed E-state index contributed by atoms with van der Waals surface area (Å²) in [6.45, 7) is 3.50. The molecule has 1 aromatic heterocycles. The Morgan fingerprint density at radius 2 is 2.29 bits per heavy atom. The topological polar surface area (TPSA) is 42.3 Å². The normalized spacial score (nSPS) is 9.36. The summed E-state index contributed by atoms with van der Waals surface area (Å²) in [5.41, 5.74) is 1.60. The number of aryl methyl sites for hydroxylation is 2. The molecule has 0 radical (unpaired) electrons. The van der Waals surface area contributed by atoms with Crippen LogP contribution in [0.25, 0.3) is 0 Å². The zero-order valence-electron chi connectivity index (χ0n) is 7.67. The summed E-state index contributed by atoms with van der Waals surface area (Å²) < 4.78 is 0. The third-order valence-electron chi connectivity index (χ3n) is 1.64. The highest BCUT2D eigenvalue weighted by Crippen LogP contribution is 2.20. The number of isothiocyanates is 1. The van der Waals surface area contributed by atoms with Gasteiger partial charge in [0.15, 0.2) is 0 Å². The van der Waals surface area contributed by atoms with Gasteiger partial charge < -0.3 is 0 Å². The Bertz CT molecular complexity index is 415. The van der Waals surface area contributed by atoms with E-state index in [-0.39, 0.29) is 5.56 Å². The average molecular weight is 227 g/mol. The molecule has 1 rings (SSSR count). The molecule has 0 saturated carbocycles. The number of amides is 1. The molecule has 0 fully saturated rings. The molecule has 0 aliphatic heterocycles. The Kier molecular flexibility index (Phi) is 3.47. The fourth-order valence-electron chi connectivity index (χ4n) is 1.14. The molecule has 5 heteroatoms. The maximum absolute atomic E-state index is 11.4. The highest BCUT2D eigenvalue weighted by Gasteiger charge is 2.13. The maximum atomic E-state index is 11.4. The van der Waals surface area contributed by atoms with Gasteiger partial charge in [0.2, 0.25) is 0 Å². The highest BCUT2D eigenvalue weighted by molar-refractivity contribution is 7.78. The average Bonchev–Trinajstić information content (AvgIpc) is 2.01. The number of pyridine rings is 1. The smallest absolute Gasteiger partial charge is 0.266 e. The van der Waals surface area contributed by atoms with E-state index in [1.54, 1.807) is 19.9 Å². The van der Waals surface area contributed by atoms with Crippen molar-refractivity contribution < 1.29 is 4.79 Å². The number of carbonyl (C=O) groups is 1. The molecular weight excluding hydrogens is 220 g/mol. The second-order valence-electron chi connectivity index (χ2n) is 2.71. The Morgan fingerprint density at radius 3 is 2.79 bits per heavy atom. The number of rotatable bonds is 1. The predicted molar refractivity (Wildman–Crippen MR) is 58.1 cm³/mol.